The van der Waals surface area contributed by atoms with Crippen LogP contribution in [0.25, 0.3) is 5.57 Å². The summed E-state index contributed by atoms with van der Waals surface area (Å²) >= 11 is 0. The first-order valence-corrected chi connectivity index (χ1v) is 10.6. The van der Waals surface area contributed by atoms with E-state index in [2.05, 4.69) is 9.98 Å². The van der Waals surface area contributed by atoms with Gasteiger partial charge in [0.05, 0.1) is 11.3 Å². The number of rotatable bonds is 5. The van der Waals surface area contributed by atoms with Crippen molar-refractivity contribution in [3.05, 3.63) is 65.1 Å². The lowest BCUT2D eigenvalue weighted by atomic mass is 9.93. The Morgan fingerprint density at radius 1 is 1.23 bits per heavy atom. The molecule has 6 heteroatoms. The SMILES string of the molecule is CN=CC(=CN)c1ccc(Cc2ccc3c(c2)C(=O)N(C2CCCCC2)CO3)cn1. The van der Waals surface area contributed by atoms with E-state index in [9.17, 15) is 4.79 Å². The Morgan fingerprint density at radius 3 is 2.73 bits per heavy atom. The Balaban J connectivity index is 1.50. The molecule has 0 atom stereocenters. The number of aliphatic imine (C=N–C) groups is 1. The minimum Gasteiger partial charge on any atom is -0.472 e. The normalized spacial score (nSPS) is 17.8. The minimum absolute atomic E-state index is 0.0926. The van der Waals surface area contributed by atoms with E-state index < -0.39 is 0 Å². The van der Waals surface area contributed by atoms with Gasteiger partial charge in [-0.15, -0.1) is 0 Å². The molecule has 0 spiro atoms. The summed E-state index contributed by atoms with van der Waals surface area (Å²) < 4.78 is 5.90. The van der Waals surface area contributed by atoms with Crippen LogP contribution < -0.4 is 10.5 Å². The molecule has 0 radical (unpaired) electrons. The van der Waals surface area contributed by atoms with E-state index in [-0.39, 0.29) is 5.91 Å². The first-order valence-electron chi connectivity index (χ1n) is 10.6. The van der Waals surface area contributed by atoms with Crippen LogP contribution in [0.15, 0.2) is 47.7 Å². The third-order valence-corrected chi connectivity index (χ3v) is 5.89. The van der Waals surface area contributed by atoms with E-state index >= 15 is 0 Å². The van der Waals surface area contributed by atoms with Gasteiger partial charge in [0, 0.05) is 37.3 Å². The molecule has 1 saturated carbocycles. The van der Waals surface area contributed by atoms with Gasteiger partial charge >= 0.3 is 0 Å². The van der Waals surface area contributed by atoms with Crippen LogP contribution in [0.4, 0.5) is 0 Å². The minimum atomic E-state index is 0.0926. The second-order valence-electron chi connectivity index (χ2n) is 7.91. The largest absolute Gasteiger partial charge is 0.472 e. The summed E-state index contributed by atoms with van der Waals surface area (Å²) in [7, 11) is 1.70. The number of ether oxygens (including phenoxy) is 1. The van der Waals surface area contributed by atoms with Gasteiger partial charge in [0.15, 0.2) is 6.73 Å². The van der Waals surface area contributed by atoms with Gasteiger partial charge in [-0.1, -0.05) is 31.4 Å². The van der Waals surface area contributed by atoms with E-state index in [4.69, 9.17) is 10.5 Å². The predicted molar refractivity (Wildman–Crippen MR) is 119 cm³/mol. The second-order valence-corrected chi connectivity index (χ2v) is 7.91. The van der Waals surface area contributed by atoms with Crippen molar-refractivity contribution in [2.45, 2.75) is 44.6 Å². The van der Waals surface area contributed by atoms with Crippen molar-refractivity contribution in [3.63, 3.8) is 0 Å². The van der Waals surface area contributed by atoms with Crippen molar-refractivity contribution in [3.8, 4) is 5.75 Å². The fourth-order valence-corrected chi connectivity index (χ4v) is 4.27. The number of hydrogen-bond donors (Lipinski definition) is 1. The number of hydrogen-bond acceptors (Lipinski definition) is 5. The topological polar surface area (TPSA) is 80.8 Å². The van der Waals surface area contributed by atoms with Crippen molar-refractivity contribution in [2.24, 2.45) is 10.7 Å². The first-order chi connectivity index (χ1) is 14.7. The maximum absolute atomic E-state index is 13.1. The van der Waals surface area contributed by atoms with Gasteiger partial charge in [-0.3, -0.25) is 14.8 Å². The molecule has 0 saturated heterocycles. The second kappa shape index (κ2) is 9.11. The van der Waals surface area contributed by atoms with Gasteiger partial charge in [-0.2, -0.15) is 0 Å². The summed E-state index contributed by atoms with van der Waals surface area (Å²) in [4.78, 5) is 23.6. The summed E-state index contributed by atoms with van der Waals surface area (Å²) in [6.07, 6.45) is 11.5. The maximum atomic E-state index is 13.1. The summed E-state index contributed by atoms with van der Waals surface area (Å²) in [5, 5.41) is 0. The number of nitrogens with two attached hydrogens (primary N) is 1. The van der Waals surface area contributed by atoms with Gasteiger partial charge < -0.3 is 15.4 Å². The Hall–Kier alpha value is -3.15. The maximum Gasteiger partial charge on any atom is 0.260 e. The molecule has 1 aliphatic heterocycles. The van der Waals surface area contributed by atoms with Crippen molar-refractivity contribution < 1.29 is 9.53 Å². The average molecular weight is 405 g/mol. The summed E-state index contributed by atoms with van der Waals surface area (Å²) in [5.41, 5.74) is 10.0. The van der Waals surface area contributed by atoms with Crippen LogP contribution in [0.3, 0.4) is 0 Å². The van der Waals surface area contributed by atoms with E-state index in [1.807, 2.05) is 41.4 Å². The van der Waals surface area contributed by atoms with Crippen LogP contribution in [-0.4, -0.2) is 41.8 Å². The lowest BCUT2D eigenvalue weighted by Gasteiger charge is -2.37. The fourth-order valence-electron chi connectivity index (χ4n) is 4.27. The number of aromatic nitrogens is 1. The standard InChI is InChI=1S/C24H28N4O2/c1-26-15-19(13-25)22-9-7-18(14-27-22)11-17-8-10-23-21(12-17)24(29)28(16-30-23)20-5-3-2-4-6-20/h7-10,12-15,20H,2-6,11,16,25H2,1H3. The molecule has 156 valence electrons. The van der Waals surface area contributed by atoms with E-state index in [0.29, 0.717) is 30.5 Å². The van der Waals surface area contributed by atoms with E-state index in [0.717, 1.165) is 35.2 Å². The van der Waals surface area contributed by atoms with Gasteiger partial charge in [0.1, 0.15) is 5.75 Å². The number of fused-ring (bicyclic) bond motifs is 1. The lowest BCUT2D eigenvalue weighted by Crippen LogP contribution is -2.46. The van der Waals surface area contributed by atoms with Crippen LogP contribution in [-0.2, 0) is 6.42 Å². The zero-order valence-corrected chi connectivity index (χ0v) is 17.4. The number of carbonyl (C=O) groups is 1. The van der Waals surface area contributed by atoms with Gasteiger partial charge in [0.25, 0.3) is 5.91 Å². The highest BCUT2D eigenvalue weighted by atomic mass is 16.5. The predicted octanol–water partition coefficient (Wildman–Crippen LogP) is 3.80. The lowest BCUT2D eigenvalue weighted by molar-refractivity contribution is 0.0319. The van der Waals surface area contributed by atoms with Gasteiger partial charge in [0.2, 0.25) is 0 Å². The van der Waals surface area contributed by atoms with E-state index in [1.54, 1.807) is 13.3 Å². The zero-order valence-electron chi connectivity index (χ0n) is 17.4. The molecule has 1 amide bonds. The molecule has 1 aliphatic carbocycles. The van der Waals surface area contributed by atoms with Gasteiger partial charge in [-0.25, -0.2) is 0 Å². The summed E-state index contributed by atoms with van der Waals surface area (Å²) in [6, 6.07) is 10.2. The average Bonchev–Trinajstić information content (AvgIpc) is 2.79. The number of carbonyl (C=O) groups excluding carboxylic acids is 1. The molecular weight excluding hydrogens is 376 g/mol. The van der Waals surface area contributed by atoms with Gasteiger partial charge in [-0.05, 0) is 48.6 Å². The molecule has 1 fully saturated rings. The van der Waals surface area contributed by atoms with Crippen LogP contribution in [0, 0.1) is 0 Å². The number of nitrogens with zero attached hydrogens (tertiary/aromatic N) is 3. The molecule has 2 aromatic rings. The Morgan fingerprint density at radius 2 is 2.03 bits per heavy atom. The van der Waals surface area contributed by atoms with Crippen LogP contribution in [0.5, 0.6) is 5.75 Å². The fraction of sp³-hybridized carbons (Fsp3) is 0.375. The molecule has 0 unspecified atom stereocenters. The molecule has 0 bridgehead atoms. The van der Waals surface area contributed by atoms with Crippen molar-refractivity contribution in [1.82, 2.24) is 9.88 Å². The molecular formula is C24H28N4O2. The van der Waals surface area contributed by atoms with Crippen LogP contribution in [0.2, 0.25) is 0 Å². The van der Waals surface area contributed by atoms with Crippen LogP contribution in [0.1, 0.15) is 59.3 Å². The molecule has 6 nitrogen and oxygen atoms in total. The molecule has 4 rings (SSSR count). The molecule has 1 aromatic carbocycles. The van der Waals surface area contributed by atoms with E-state index in [1.165, 1.54) is 25.5 Å². The quantitative estimate of drug-likeness (QED) is 0.769. The Kier molecular flexibility index (Phi) is 6.12. The summed E-state index contributed by atoms with van der Waals surface area (Å²) in [6.45, 7) is 0.360. The third kappa shape index (κ3) is 4.22. The highest BCUT2D eigenvalue weighted by molar-refractivity contribution is 6.08. The Bertz CT molecular complexity index is 960. The third-order valence-electron chi connectivity index (χ3n) is 5.89. The summed E-state index contributed by atoms with van der Waals surface area (Å²) in [5.74, 6) is 0.774. The van der Waals surface area contributed by atoms with Crippen molar-refractivity contribution >= 4 is 17.7 Å². The highest BCUT2D eigenvalue weighted by Gasteiger charge is 2.32. The van der Waals surface area contributed by atoms with Crippen molar-refractivity contribution in [2.75, 3.05) is 13.8 Å². The molecule has 2 aliphatic rings. The van der Waals surface area contributed by atoms with Crippen molar-refractivity contribution in [1.29, 1.82) is 0 Å². The number of benzene rings is 1. The number of pyridine rings is 1. The molecule has 2 N–H and O–H groups in total. The number of allylic oxidation sites excluding steroid dienone is 1. The smallest absolute Gasteiger partial charge is 0.260 e. The zero-order chi connectivity index (χ0) is 20.9. The molecule has 1 aromatic heterocycles. The first kappa shape index (κ1) is 20.1. The Labute approximate surface area is 177 Å². The highest BCUT2D eigenvalue weighted by Crippen LogP contribution is 2.31. The van der Waals surface area contributed by atoms with Crippen LogP contribution >= 0.6 is 0 Å². The molecule has 30 heavy (non-hydrogen) atoms. The molecule has 2 heterocycles. The number of amides is 1. The monoisotopic (exact) mass is 404 g/mol.